The van der Waals surface area contributed by atoms with Crippen LogP contribution < -0.4 is 16.0 Å². The second-order valence-corrected chi connectivity index (χ2v) is 4.63. The summed E-state index contributed by atoms with van der Waals surface area (Å²) in [4.78, 5) is 13.9. The lowest BCUT2D eigenvalue weighted by Gasteiger charge is -2.18. The first-order valence-electron chi connectivity index (χ1n) is 6.28. The quantitative estimate of drug-likeness (QED) is 0.761. The van der Waals surface area contributed by atoms with Crippen LogP contribution in [0.2, 0.25) is 0 Å². The third-order valence-electron chi connectivity index (χ3n) is 2.72. The average molecular weight is 260 g/mol. The molecule has 0 bridgehead atoms. The summed E-state index contributed by atoms with van der Waals surface area (Å²) in [5.74, 6) is 3.33. The number of anilines is 3. The van der Waals surface area contributed by atoms with Gasteiger partial charge in [0.25, 0.3) is 0 Å². The maximum absolute atomic E-state index is 5.73. The van der Waals surface area contributed by atoms with Gasteiger partial charge in [-0.25, -0.2) is 9.97 Å². The largest absolute Gasteiger partial charge is 0.368 e. The monoisotopic (exact) mass is 260 g/mol. The second-order valence-electron chi connectivity index (χ2n) is 4.63. The molecule has 6 nitrogen and oxygen atoms in total. The van der Waals surface area contributed by atoms with Crippen molar-refractivity contribution in [3.05, 3.63) is 30.2 Å². The van der Waals surface area contributed by atoms with E-state index in [1.54, 1.807) is 0 Å². The molecule has 2 rings (SSSR count). The van der Waals surface area contributed by atoms with Gasteiger partial charge < -0.3 is 20.9 Å². The predicted octanol–water partition coefficient (Wildman–Crippen LogP) is 1.64. The maximum atomic E-state index is 5.73. The topological polar surface area (TPSA) is 82.9 Å². The Kier molecular flexibility index (Phi) is 4.01. The van der Waals surface area contributed by atoms with Crippen LogP contribution in [0.1, 0.15) is 12.7 Å². The standard InChI is InChI=1S/C13H20N6/c1-9(14)8-16-11-7-13(18-10(2)17-11)19(3)12-5-4-6-15-12/h4-7,9,15H,8,14H2,1-3H3,(H,16,17,18). The summed E-state index contributed by atoms with van der Waals surface area (Å²) >= 11 is 0. The van der Waals surface area contributed by atoms with Crippen molar-refractivity contribution in [2.75, 3.05) is 23.8 Å². The van der Waals surface area contributed by atoms with Crippen LogP contribution in [0.4, 0.5) is 17.5 Å². The van der Waals surface area contributed by atoms with Crippen molar-refractivity contribution in [1.82, 2.24) is 15.0 Å². The first-order valence-corrected chi connectivity index (χ1v) is 6.28. The molecule has 0 radical (unpaired) electrons. The fourth-order valence-electron chi connectivity index (χ4n) is 1.73. The minimum absolute atomic E-state index is 0.0832. The summed E-state index contributed by atoms with van der Waals surface area (Å²) < 4.78 is 0. The van der Waals surface area contributed by atoms with E-state index >= 15 is 0 Å². The summed E-state index contributed by atoms with van der Waals surface area (Å²) in [5.41, 5.74) is 5.73. The minimum atomic E-state index is 0.0832. The molecule has 6 heteroatoms. The summed E-state index contributed by atoms with van der Waals surface area (Å²) in [7, 11) is 1.96. The average Bonchev–Trinajstić information content (AvgIpc) is 2.88. The Labute approximate surface area is 113 Å². The Morgan fingerprint density at radius 1 is 1.47 bits per heavy atom. The molecule has 0 saturated carbocycles. The molecule has 2 aromatic rings. The number of hydrogen-bond donors (Lipinski definition) is 3. The number of aromatic amines is 1. The molecule has 19 heavy (non-hydrogen) atoms. The Balaban J connectivity index is 2.21. The van der Waals surface area contributed by atoms with Gasteiger partial charge in [-0.3, -0.25) is 0 Å². The van der Waals surface area contributed by atoms with E-state index in [1.807, 2.05) is 50.2 Å². The molecule has 0 aliphatic rings. The number of nitrogens with two attached hydrogens (primary N) is 1. The minimum Gasteiger partial charge on any atom is -0.368 e. The molecule has 1 unspecified atom stereocenters. The summed E-state index contributed by atoms with van der Waals surface area (Å²) in [6.07, 6.45) is 1.88. The molecule has 0 amide bonds. The molecule has 0 fully saturated rings. The summed E-state index contributed by atoms with van der Waals surface area (Å²) in [6, 6.07) is 5.94. The van der Waals surface area contributed by atoms with Gasteiger partial charge in [-0.1, -0.05) is 0 Å². The number of hydrogen-bond acceptors (Lipinski definition) is 5. The lowest BCUT2D eigenvalue weighted by molar-refractivity contribution is 0.776. The molecule has 0 spiro atoms. The van der Waals surface area contributed by atoms with Crippen LogP contribution in [0.3, 0.4) is 0 Å². The zero-order valence-corrected chi connectivity index (χ0v) is 11.5. The Morgan fingerprint density at radius 3 is 2.89 bits per heavy atom. The SMILES string of the molecule is Cc1nc(NCC(C)N)cc(N(C)c2ccc[nH]2)n1. The van der Waals surface area contributed by atoms with Crippen molar-refractivity contribution in [3.63, 3.8) is 0 Å². The van der Waals surface area contributed by atoms with Crippen LogP contribution in [-0.2, 0) is 0 Å². The molecule has 0 aromatic carbocycles. The van der Waals surface area contributed by atoms with E-state index in [0.29, 0.717) is 6.54 Å². The van der Waals surface area contributed by atoms with Crippen molar-refractivity contribution in [2.24, 2.45) is 5.73 Å². The van der Waals surface area contributed by atoms with Gasteiger partial charge in [0.05, 0.1) is 0 Å². The van der Waals surface area contributed by atoms with Gasteiger partial charge >= 0.3 is 0 Å². The van der Waals surface area contributed by atoms with Gasteiger partial charge in [-0.15, -0.1) is 0 Å². The molecular formula is C13H20N6. The van der Waals surface area contributed by atoms with Gasteiger partial charge in [-0.05, 0) is 26.0 Å². The first-order chi connectivity index (χ1) is 9.06. The zero-order chi connectivity index (χ0) is 13.8. The second kappa shape index (κ2) is 5.71. The number of rotatable bonds is 5. The molecule has 0 aliphatic carbocycles. The van der Waals surface area contributed by atoms with Crippen LogP contribution in [0.5, 0.6) is 0 Å². The lowest BCUT2D eigenvalue weighted by Crippen LogP contribution is -2.25. The highest BCUT2D eigenvalue weighted by molar-refractivity contribution is 5.58. The zero-order valence-electron chi connectivity index (χ0n) is 11.5. The van der Waals surface area contributed by atoms with Crippen LogP contribution in [-0.4, -0.2) is 34.6 Å². The molecule has 4 N–H and O–H groups in total. The van der Waals surface area contributed by atoms with Crippen molar-refractivity contribution >= 4 is 17.5 Å². The smallest absolute Gasteiger partial charge is 0.139 e. The fourth-order valence-corrected chi connectivity index (χ4v) is 1.73. The number of nitrogens with one attached hydrogen (secondary N) is 2. The van der Waals surface area contributed by atoms with Gasteiger partial charge in [0.2, 0.25) is 0 Å². The highest BCUT2D eigenvalue weighted by Gasteiger charge is 2.09. The van der Waals surface area contributed by atoms with E-state index < -0.39 is 0 Å². The Bertz CT molecular complexity index is 520. The van der Waals surface area contributed by atoms with Gasteiger partial charge in [0.1, 0.15) is 23.3 Å². The number of aromatic nitrogens is 3. The Hall–Kier alpha value is -2.08. The molecule has 2 aromatic heterocycles. The van der Waals surface area contributed by atoms with Gasteiger partial charge in [0.15, 0.2) is 0 Å². The molecule has 102 valence electrons. The van der Waals surface area contributed by atoms with Crippen LogP contribution in [0.25, 0.3) is 0 Å². The van der Waals surface area contributed by atoms with Crippen molar-refractivity contribution in [3.8, 4) is 0 Å². The lowest BCUT2D eigenvalue weighted by atomic mass is 10.3. The van der Waals surface area contributed by atoms with E-state index in [2.05, 4.69) is 20.3 Å². The van der Waals surface area contributed by atoms with E-state index in [0.717, 1.165) is 23.3 Å². The predicted molar refractivity (Wildman–Crippen MR) is 77.8 cm³/mol. The fraction of sp³-hybridized carbons (Fsp3) is 0.385. The molecular weight excluding hydrogens is 240 g/mol. The van der Waals surface area contributed by atoms with E-state index in [9.17, 15) is 0 Å². The molecule has 1 atom stereocenters. The highest BCUT2D eigenvalue weighted by atomic mass is 15.2. The van der Waals surface area contributed by atoms with Crippen molar-refractivity contribution < 1.29 is 0 Å². The normalized spacial score (nSPS) is 12.2. The molecule has 2 heterocycles. The van der Waals surface area contributed by atoms with Crippen molar-refractivity contribution in [1.29, 1.82) is 0 Å². The van der Waals surface area contributed by atoms with Gasteiger partial charge in [-0.2, -0.15) is 0 Å². The number of aryl methyl sites for hydroxylation is 1. The van der Waals surface area contributed by atoms with Crippen LogP contribution in [0, 0.1) is 6.92 Å². The van der Waals surface area contributed by atoms with Gasteiger partial charge in [0, 0.05) is 31.9 Å². The number of nitrogens with zero attached hydrogens (tertiary/aromatic N) is 3. The summed E-state index contributed by atoms with van der Waals surface area (Å²) in [6.45, 7) is 4.51. The van der Waals surface area contributed by atoms with E-state index in [-0.39, 0.29) is 6.04 Å². The molecule has 0 aliphatic heterocycles. The van der Waals surface area contributed by atoms with Crippen LogP contribution >= 0.6 is 0 Å². The third-order valence-corrected chi connectivity index (χ3v) is 2.72. The third kappa shape index (κ3) is 3.45. The Morgan fingerprint density at radius 2 is 2.26 bits per heavy atom. The van der Waals surface area contributed by atoms with Crippen LogP contribution in [0.15, 0.2) is 24.4 Å². The van der Waals surface area contributed by atoms with E-state index in [1.165, 1.54) is 0 Å². The maximum Gasteiger partial charge on any atom is 0.139 e. The first kappa shape index (κ1) is 13.4. The van der Waals surface area contributed by atoms with Crippen molar-refractivity contribution in [2.45, 2.75) is 19.9 Å². The number of H-pyrrole nitrogens is 1. The molecule has 0 saturated heterocycles. The summed E-state index contributed by atoms with van der Waals surface area (Å²) in [5, 5.41) is 3.21. The van der Waals surface area contributed by atoms with E-state index in [4.69, 9.17) is 5.73 Å². The highest BCUT2D eigenvalue weighted by Crippen LogP contribution is 2.21.